The fourth-order valence-electron chi connectivity index (χ4n) is 2.99. The average Bonchev–Trinajstić information content (AvgIpc) is 2.59. The number of nitrogens with one attached hydrogen (secondary N) is 1. The van der Waals surface area contributed by atoms with Crippen LogP contribution in [-0.2, 0) is 17.8 Å². The highest BCUT2D eigenvalue weighted by Gasteiger charge is 2.25. The van der Waals surface area contributed by atoms with Gasteiger partial charge in [-0.15, -0.1) is 0 Å². The van der Waals surface area contributed by atoms with Crippen molar-refractivity contribution in [3.05, 3.63) is 54.6 Å². The lowest BCUT2D eigenvalue weighted by atomic mass is 10.1. The van der Waals surface area contributed by atoms with Crippen molar-refractivity contribution in [2.45, 2.75) is 40.7 Å². The van der Waals surface area contributed by atoms with Gasteiger partial charge < -0.3 is 10.6 Å². The molecule has 0 radical (unpaired) electrons. The second-order valence-corrected chi connectivity index (χ2v) is 8.65. The molecule has 0 saturated carbocycles. The largest absolute Gasteiger partial charge is 0.383 e. The van der Waals surface area contributed by atoms with Gasteiger partial charge in [0.2, 0.25) is 5.91 Å². The van der Waals surface area contributed by atoms with Crippen molar-refractivity contribution in [3.63, 3.8) is 0 Å². The van der Waals surface area contributed by atoms with Crippen molar-refractivity contribution >= 4 is 40.6 Å². The zero-order chi connectivity index (χ0) is 21.9. The Morgan fingerprint density at radius 2 is 1.83 bits per heavy atom. The van der Waals surface area contributed by atoms with Crippen molar-refractivity contribution in [1.29, 1.82) is 0 Å². The normalized spacial score (nSPS) is 11.3. The fraction of sp³-hybridized carbons (Fsp3) is 0.450. The standard InChI is InChI=1S/C20H26Cl2N4O3/c1-11(2)9-25(16(27)7-13-5-6-14(21)8-15(13)22)17-18(23)26(10-12(3)4)20(29)24-19(17)28/h5-6,8,11-12H,7,9-10,23H2,1-4H3,(H,24,28,29). The molecule has 0 aliphatic carbocycles. The minimum absolute atomic E-state index is 0.0194. The van der Waals surface area contributed by atoms with Gasteiger partial charge in [-0.05, 0) is 29.5 Å². The van der Waals surface area contributed by atoms with E-state index in [2.05, 4.69) is 4.98 Å². The number of nitrogens with two attached hydrogens (primary N) is 1. The summed E-state index contributed by atoms with van der Waals surface area (Å²) in [6, 6.07) is 4.87. The predicted octanol–water partition coefficient (Wildman–Crippen LogP) is 3.31. The van der Waals surface area contributed by atoms with Crippen molar-refractivity contribution < 1.29 is 4.79 Å². The van der Waals surface area contributed by atoms with Crippen LogP contribution in [0.2, 0.25) is 10.0 Å². The first kappa shape index (κ1) is 23.0. The number of amides is 1. The Balaban J connectivity index is 2.53. The Kier molecular flexibility index (Phi) is 7.54. The third-order valence-corrected chi connectivity index (χ3v) is 4.82. The van der Waals surface area contributed by atoms with Crippen molar-refractivity contribution in [3.8, 4) is 0 Å². The van der Waals surface area contributed by atoms with E-state index in [1.165, 1.54) is 9.47 Å². The molecule has 2 aromatic rings. The zero-order valence-electron chi connectivity index (χ0n) is 17.0. The molecule has 29 heavy (non-hydrogen) atoms. The quantitative estimate of drug-likeness (QED) is 0.688. The maximum Gasteiger partial charge on any atom is 0.330 e. The summed E-state index contributed by atoms with van der Waals surface area (Å²) < 4.78 is 1.29. The smallest absolute Gasteiger partial charge is 0.330 e. The number of anilines is 2. The molecule has 3 N–H and O–H groups in total. The Labute approximate surface area is 179 Å². The first-order chi connectivity index (χ1) is 13.5. The van der Waals surface area contributed by atoms with Crippen LogP contribution in [0, 0.1) is 11.8 Å². The van der Waals surface area contributed by atoms with Crippen molar-refractivity contribution in [2.24, 2.45) is 11.8 Å². The lowest BCUT2D eigenvalue weighted by Gasteiger charge is -2.26. The van der Waals surface area contributed by atoms with Gasteiger partial charge in [0.05, 0.1) is 6.42 Å². The Morgan fingerprint density at radius 3 is 2.38 bits per heavy atom. The van der Waals surface area contributed by atoms with Crippen molar-refractivity contribution in [2.75, 3.05) is 17.2 Å². The summed E-state index contributed by atoms with van der Waals surface area (Å²) in [5.41, 5.74) is 5.47. The molecule has 0 spiro atoms. The van der Waals surface area contributed by atoms with Gasteiger partial charge in [-0.3, -0.25) is 19.1 Å². The van der Waals surface area contributed by atoms with Gasteiger partial charge in [0.1, 0.15) is 5.82 Å². The highest BCUT2D eigenvalue weighted by atomic mass is 35.5. The van der Waals surface area contributed by atoms with Gasteiger partial charge in [0, 0.05) is 23.1 Å². The monoisotopic (exact) mass is 440 g/mol. The molecule has 2 rings (SSSR count). The van der Waals surface area contributed by atoms with Gasteiger partial charge in [0.15, 0.2) is 5.69 Å². The van der Waals surface area contributed by atoms with E-state index in [1.807, 2.05) is 27.7 Å². The maximum absolute atomic E-state index is 13.1. The summed E-state index contributed by atoms with van der Waals surface area (Å²) >= 11 is 12.1. The number of rotatable bonds is 7. The molecule has 0 saturated heterocycles. The third-order valence-electron chi connectivity index (χ3n) is 4.24. The maximum atomic E-state index is 13.1. The second-order valence-electron chi connectivity index (χ2n) is 7.81. The number of aromatic amines is 1. The molecule has 0 fully saturated rings. The number of halogens is 2. The topological polar surface area (TPSA) is 101 Å². The van der Waals surface area contributed by atoms with Crippen LogP contribution in [0.15, 0.2) is 27.8 Å². The molecule has 1 amide bonds. The summed E-state index contributed by atoms with van der Waals surface area (Å²) in [6.45, 7) is 8.28. The van der Waals surface area contributed by atoms with Crippen LogP contribution < -0.4 is 21.9 Å². The second kappa shape index (κ2) is 9.50. The van der Waals surface area contributed by atoms with E-state index in [-0.39, 0.29) is 42.2 Å². The van der Waals surface area contributed by atoms with Crippen LogP contribution in [0.1, 0.15) is 33.3 Å². The van der Waals surface area contributed by atoms with Crippen LogP contribution in [0.25, 0.3) is 0 Å². The molecule has 0 bridgehead atoms. The number of aromatic nitrogens is 2. The number of hydrogen-bond donors (Lipinski definition) is 2. The van der Waals surface area contributed by atoms with Gasteiger partial charge in [0.25, 0.3) is 5.56 Å². The SMILES string of the molecule is CC(C)CN(C(=O)Cc1ccc(Cl)cc1Cl)c1c(N)n(CC(C)C)c(=O)[nH]c1=O. The Morgan fingerprint density at radius 1 is 1.17 bits per heavy atom. The molecule has 1 aromatic heterocycles. The molecule has 0 atom stereocenters. The molecule has 0 aliphatic heterocycles. The van der Waals surface area contributed by atoms with E-state index in [9.17, 15) is 14.4 Å². The number of carbonyl (C=O) groups is 1. The number of nitrogen functional groups attached to an aromatic ring is 1. The van der Waals surface area contributed by atoms with Crippen LogP contribution in [-0.4, -0.2) is 22.0 Å². The highest BCUT2D eigenvalue weighted by molar-refractivity contribution is 6.35. The zero-order valence-corrected chi connectivity index (χ0v) is 18.5. The summed E-state index contributed by atoms with van der Waals surface area (Å²) in [5.74, 6) is -0.196. The van der Waals surface area contributed by atoms with E-state index in [4.69, 9.17) is 28.9 Å². The Bertz CT molecular complexity index is 1010. The minimum atomic E-state index is -0.691. The van der Waals surface area contributed by atoms with E-state index in [0.29, 0.717) is 22.2 Å². The highest BCUT2D eigenvalue weighted by Crippen LogP contribution is 2.24. The van der Waals surface area contributed by atoms with Gasteiger partial charge in [-0.2, -0.15) is 0 Å². The average molecular weight is 441 g/mol. The first-order valence-corrected chi connectivity index (χ1v) is 10.1. The van der Waals surface area contributed by atoms with Crippen LogP contribution in [0.4, 0.5) is 11.5 Å². The van der Waals surface area contributed by atoms with E-state index in [0.717, 1.165) is 0 Å². The number of benzene rings is 1. The van der Waals surface area contributed by atoms with Gasteiger partial charge in [-0.1, -0.05) is 57.0 Å². The first-order valence-electron chi connectivity index (χ1n) is 9.38. The van der Waals surface area contributed by atoms with Crippen LogP contribution in [0.3, 0.4) is 0 Å². The molecule has 0 unspecified atom stereocenters. The van der Waals surface area contributed by atoms with E-state index in [1.54, 1.807) is 18.2 Å². The lowest BCUT2D eigenvalue weighted by Crippen LogP contribution is -2.43. The molecular formula is C20H26Cl2N4O3. The predicted molar refractivity (Wildman–Crippen MR) is 118 cm³/mol. The van der Waals surface area contributed by atoms with Crippen LogP contribution in [0.5, 0.6) is 0 Å². The Hall–Kier alpha value is -2.25. The summed E-state index contributed by atoms with van der Waals surface area (Å²) in [7, 11) is 0. The molecule has 1 heterocycles. The molecule has 0 aliphatic rings. The third kappa shape index (κ3) is 5.64. The lowest BCUT2D eigenvalue weighted by molar-refractivity contribution is -0.118. The van der Waals surface area contributed by atoms with E-state index < -0.39 is 11.2 Å². The molecule has 7 nitrogen and oxygen atoms in total. The number of H-pyrrole nitrogens is 1. The molecule has 1 aromatic carbocycles. The van der Waals surface area contributed by atoms with Crippen LogP contribution >= 0.6 is 23.2 Å². The molecular weight excluding hydrogens is 415 g/mol. The summed E-state index contributed by atoms with van der Waals surface area (Å²) in [5, 5.41) is 0.827. The fourth-order valence-corrected chi connectivity index (χ4v) is 3.47. The number of nitrogens with zero attached hydrogens (tertiary/aromatic N) is 2. The molecule has 9 heteroatoms. The van der Waals surface area contributed by atoms with E-state index >= 15 is 0 Å². The minimum Gasteiger partial charge on any atom is -0.383 e. The summed E-state index contributed by atoms with van der Waals surface area (Å²) in [4.78, 5) is 41.6. The van der Waals surface area contributed by atoms with Gasteiger partial charge >= 0.3 is 5.69 Å². The van der Waals surface area contributed by atoms with Crippen molar-refractivity contribution in [1.82, 2.24) is 9.55 Å². The number of carbonyl (C=O) groups excluding carboxylic acids is 1. The molecule has 158 valence electrons. The van der Waals surface area contributed by atoms with Gasteiger partial charge in [-0.25, -0.2) is 4.79 Å². The summed E-state index contributed by atoms with van der Waals surface area (Å²) in [6.07, 6.45) is -0.0368. The number of hydrogen-bond acceptors (Lipinski definition) is 4.